The van der Waals surface area contributed by atoms with Crippen molar-refractivity contribution in [1.82, 2.24) is 9.80 Å². The molecule has 2 aromatic rings. The second-order valence-corrected chi connectivity index (χ2v) is 8.41. The Kier molecular flexibility index (Phi) is 7.43. The molecule has 166 valence electrons. The minimum atomic E-state index is -0.114. The molecule has 0 aliphatic carbocycles. The van der Waals surface area contributed by atoms with Crippen molar-refractivity contribution in [3.63, 3.8) is 0 Å². The third kappa shape index (κ3) is 5.50. The van der Waals surface area contributed by atoms with E-state index in [1.165, 1.54) is 0 Å². The van der Waals surface area contributed by atoms with Crippen LogP contribution in [0.1, 0.15) is 34.6 Å². The van der Waals surface area contributed by atoms with E-state index < -0.39 is 0 Å². The van der Waals surface area contributed by atoms with Crippen LogP contribution in [-0.4, -0.2) is 68.1 Å². The standard InChI is InChI=1S/C23H27BrN2O5/c1-15(2)31-21-13-17(24)5-6-20(21)23(28)26-9-7-25(8-10-26)22(27)16-11-18(29-3)14-19(12-16)30-4/h5-6,11-15H,7-10H2,1-4H3. The molecule has 0 aromatic heterocycles. The molecule has 31 heavy (non-hydrogen) atoms. The first-order valence-electron chi connectivity index (χ1n) is 10.1. The van der Waals surface area contributed by atoms with Crippen LogP contribution < -0.4 is 14.2 Å². The monoisotopic (exact) mass is 490 g/mol. The average molecular weight is 491 g/mol. The van der Waals surface area contributed by atoms with Gasteiger partial charge in [-0.2, -0.15) is 0 Å². The maximum Gasteiger partial charge on any atom is 0.257 e. The highest BCUT2D eigenvalue weighted by Crippen LogP contribution is 2.27. The van der Waals surface area contributed by atoms with Gasteiger partial charge < -0.3 is 24.0 Å². The topological polar surface area (TPSA) is 68.3 Å². The molecule has 1 fully saturated rings. The Bertz CT molecular complexity index is 933. The summed E-state index contributed by atoms with van der Waals surface area (Å²) in [6, 6.07) is 10.5. The number of carbonyl (C=O) groups is 2. The Morgan fingerprint density at radius 2 is 1.42 bits per heavy atom. The minimum absolute atomic E-state index is 0.0461. The van der Waals surface area contributed by atoms with Gasteiger partial charge in [-0.1, -0.05) is 15.9 Å². The number of amides is 2. The molecule has 0 radical (unpaired) electrons. The molecule has 8 heteroatoms. The van der Waals surface area contributed by atoms with Crippen molar-refractivity contribution >= 4 is 27.7 Å². The quantitative estimate of drug-likeness (QED) is 0.614. The van der Waals surface area contributed by atoms with Crippen LogP contribution in [0.25, 0.3) is 0 Å². The van der Waals surface area contributed by atoms with Crippen molar-refractivity contribution in [3.05, 3.63) is 52.0 Å². The molecular formula is C23H27BrN2O5. The van der Waals surface area contributed by atoms with Crippen molar-refractivity contribution in [1.29, 1.82) is 0 Å². The fraction of sp³-hybridized carbons (Fsp3) is 0.391. The van der Waals surface area contributed by atoms with Crippen LogP contribution in [0.4, 0.5) is 0 Å². The van der Waals surface area contributed by atoms with Gasteiger partial charge in [0.25, 0.3) is 11.8 Å². The van der Waals surface area contributed by atoms with Gasteiger partial charge in [0.05, 0.1) is 25.9 Å². The van der Waals surface area contributed by atoms with Gasteiger partial charge in [0.1, 0.15) is 17.2 Å². The van der Waals surface area contributed by atoms with E-state index in [2.05, 4.69) is 15.9 Å². The molecule has 0 atom stereocenters. The maximum atomic E-state index is 13.1. The number of piperazine rings is 1. The zero-order valence-electron chi connectivity index (χ0n) is 18.2. The Balaban J connectivity index is 1.70. The first kappa shape index (κ1) is 22.9. The van der Waals surface area contributed by atoms with Crippen LogP contribution in [0.3, 0.4) is 0 Å². The van der Waals surface area contributed by atoms with E-state index in [0.717, 1.165) is 4.47 Å². The summed E-state index contributed by atoms with van der Waals surface area (Å²) >= 11 is 3.43. The molecule has 1 heterocycles. The molecule has 0 spiro atoms. The second-order valence-electron chi connectivity index (χ2n) is 7.49. The lowest BCUT2D eigenvalue weighted by atomic mass is 10.1. The van der Waals surface area contributed by atoms with Crippen LogP contribution >= 0.6 is 15.9 Å². The van der Waals surface area contributed by atoms with Crippen molar-refractivity contribution < 1.29 is 23.8 Å². The fourth-order valence-corrected chi connectivity index (χ4v) is 3.76. The number of carbonyl (C=O) groups excluding carboxylic acids is 2. The zero-order valence-corrected chi connectivity index (χ0v) is 19.8. The van der Waals surface area contributed by atoms with Gasteiger partial charge in [-0.25, -0.2) is 0 Å². The Hall–Kier alpha value is -2.74. The third-order valence-electron chi connectivity index (χ3n) is 4.99. The van der Waals surface area contributed by atoms with E-state index >= 15 is 0 Å². The van der Waals surface area contributed by atoms with Crippen LogP contribution in [-0.2, 0) is 0 Å². The Morgan fingerprint density at radius 3 is 1.94 bits per heavy atom. The third-order valence-corrected chi connectivity index (χ3v) is 5.48. The molecule has 2 aromatic carbocycles. The van der Waals surface area contributed by atoms with Gasteiger partial charge in [0.2, 0.25) is 0 Å². The number of hydrogen-bond donors (Lipinski definition) is 0. The number of rotatable bonds is 6. The van der Waals surface area contributed by atoms with Gasteiger partial charge in [0.15, 0.2) is 0 Å². The van der Waals surface area contributed by atoms with E-state index in [0.29, 0.717) is 54.6 Å². The summed E-state index contributed by atoms with van der Waals surface area (Å²) in [6.45, 7) is 5.63. The maximum absolute atomic E-state index is 13.1. The van der Waals surface area contributed by atoms with Crippen LogP contribution in [0.5, 0.6) is 17.2 Å². The first-order valence-corrected chi connectivity index (χ1v) is 10.9. The average Bonchev–Trinajstić information content (AvgIpc) is 2.77. The molecular weight excluding hydrogens is 464 g/mol. The molecule has 3 rings (SSSR count). The lowest BCUT2D eigenvalue weighted by molar-refractivity contribution is 0.0532. The Labute approximate surface area is 191 Å². The SMILES string of the molecule is COc1cc(OC)cc(C(=O)N2CCN(C(=O)c3ccc(Br)cc3OC(C)C)CC2)c1. The second kappa shape index (κ2) is 10.0. The summed E-state index contributed by atoms with van der Waals surface area (Å²) in [5, 5.41) is 0. The number of hydrogen-bond acceptors (Lipinski definition) is 5. The van der Waals surface area contributed by atoms with Gasteiger partial charge in [-0.3, -0.25) is 9.59 Å². The highest BCUT2D eigenvalue weighted by molar-refractivity contribution is 9.10. The van der Waals surface area contributed by atoms with E-state index in [-0.39, 0.29) is 17.9 Å². The molecule has 1 aliphatic heterocycles. The van der Waals surface area contributed by atoms with Crippen molar-refractivity contribution in [3.8, 4) is 17.2 Å². The van der Waals surface area contributed by atoms with Crippen molar-refractivity contribution in [2.75, 3.05) is 40.4 Å². The van der Waals surface area contributed by atoms with Gasteiger partial charge in [0, 0.05) is 42.3 Å². The van der Waals surface area contributed by atoms with Crippen molar-refractivity contribution in [2.24, 2.45) is 0 Å². The predicted molar refractivity (Wildman–Crippen MR) is 121 cm³/mol. The summed E-state index contributed by atoms with van der Waals surface area (Å²) in [5.41, 5.74) is 1.02. The number of methoxy groups -OCH3 is 2. The molecule has 0 unspecified atom stereocenters. The molecule has 0 saturated carbocycles. The summed E-state index contributed by atoms with van der Waals surface area (Å²) in [7, 11) is 3.10. The fourth-order valence-electron chi connectivity index (χ4n) is 3.42. The van der Waals surface area contributed by atoms with Crippen LogP contribution in [0.15, 0.2) is 40.9 Å². The first-order chi connectivity index (χ1) is 14.8. The van der Waals surface area contributed by atoms with E-state index in [1.807, 2.05) is 26.0 Å². The summed E-state index contributed by atoms with van der Waals surface area (Å²) in [6.07, 6.45) is -0.0461. The lowest BCUT2D eigenvalue weighted by Gasteiger charge is -2.35. The summed E-state index contributed by atoms with van der Waals surface area (Å²) in [5.74, 6) is 1.46. The number of nitrogens with zero attached hydrogens (tertiary/aromatic N) is 2. The molecule has 0 bridgehead atoms. The normalized spacial score (nSPS) is 13.9. The predicted octanol–water partition coefficient (Wildman–Crippen LogP) is 3.85. The van der Waals surface area contributed by atoms with Crippen molar-refractivity contribution in [2.45, 2.75) is 20.0 Å². The lowest BCUT2D eigenvalue weighted by Crippen LogP contribution is -2.50. The Morgan fingerprint density at radius 1 is 0.871 bits per heavy atom. The molecule has 1 aliphatic rings. The largest absolute Gasteiger partial charge is 0.497 e. The van der Waals surface area contributed by atoms with Crippen LogP contribution in [0, 0.1) is 0 Å². The molecule has 7 nitrogen and oxygen atoms in total. The van der Waals surface area contributed by atoms with E-state index in [9.17, 15) is 9.59 Å². The minimum Gasteiger partial charge on any atom is -0.497 e. The molecule has 2 amide bonds. The number of ether oxygens (including phenoxy) is 3. The highest BCUT2D eigenvalue weighted by Gasteiger charge is 2.27. The smallest absolute Gasteiger partial charge is 0.257 e. The van der Waals surface area contributed by atoms with Crippen LogP contribution in [0.2, 0.25) is 0 Å². The summed E-state index contributed by atoms with van der Waals surface area (Å²) < 4.78 is 17.2. The zero-order chi connectivity index (χ0) is 22.5. The summed E-state index contributed by atoms with van der Waals surface area (Å²) in [4.78, 5) is 29.6. The van der Waals surface area contributed by atoms with E-state index in [4.69, 9.17) is 14.2 Å². The van der Waals surface area contributed by atoms with E-state index in [1.54, 1.807) is 48.3 Å². The number of halogens is 1. The van der Waals surface area contributed by atoms with Gasteiger partial charge in [-0.05, 0) is 44.2 Å². The highest BCUT2D eigenvalue weighted by atomic mass is 79.9. The number of benzene rings is 2. The van der Waals surface area contributed by atoms with Gasteiger partial charge in [-0.15, -0.1) is 0 Å². The molecule has 0 N–H and O–H groups in total. The van der Waals surface area contributed by atoms with Gasteiger partial charge >= 0.3 is 0 Å². The molecule has 1 saturated heterocycles.